The lowest BCUT2D eigenvalue weighted by Gasteiger charge is -2.45. The third-order valence-electron chi connectivity index (χ3n) is 16.3. The number of unbranched alkanes of at least 4 members (excludes halogenated alkanes) is 25. The van der Waals surface area contributed by atoms with Gasteiger partial charge >= 0.3 is 17.9 Å². The second-order valence-electron chi connectivity index (χ2n) is 23.5. The van der Waals surface area contributed by atoms with Gasteiger partial charge in [0.25, 0.3) is 0 Å². The fraction of sp³-hybridized carbons (Fsp3) is 0.595. The van der Waals surface area contributed by atoms with E-state index < -0.39 is 66.6 Å². The van der Waals surface area contributed by atoms with Gasteiger partial charge in [0, 0.05) is 6.42 Å². The molecule has 1 aliphatic rings. The second-order valence-corrected chi connectivity index (χ2v) is 23.8. The Morgan fingerprint density at radius 3 is 1.49 bits per heavy atom. The number of rotatable bonds is 49. The molecule has 1 heterocycles. The van der Waals surface area contributed by atoms with Crippen molar-refractivity contribution in [2.45, 2.75) is 250 Å². The molecule has 1 amide bonds. The number of benzene rings is 4. The van der Waals surface area contributed by atoms with Crippen molar-refractivity contribution in [3.63, 3.8) is 0 Å². The molecule has 14 nitrogen and oxygen atoms in total. The van der Waals surface area contributed by atoms with Crippen molar-refractivity contribution in [3.8, 4) is 11.5 Å². The molecule has 5 rings (SSSR count). The molecule has 1 saturated heterocycles. The number of allylic oxidation sites excluding steroid dienone is 1. The number of methoxy groups -OCH3 is 2. The quantitative estimate of drug-likeness (QED) is 0.0146. The van der Waals surface area contributed by atoms with E-state index in [0.717, 1.165) is 56.1 Å². The van der Waals surface area contributed by atoms with Crippen molar-refractivity contribution in [2.24, 2.45) is 0 Å². The lowest BCUT2D eigenvalue weighted by molar-refractivity contribution is -0.313. The first kappa shape index (κ1) is 74.0. The highest BCUT2D eigenvalue weighted by molar-refractivity contribution is 6.26. The number of carbonyl (C=O) groups is 4. The highest BCUT2D eigenvalue weighted by Crippen LogP contribution is 2.32. The number of nitrogens with one attached hydrogen (secondary N) is 1. The average molecular weight is 1250 g/mol. The first-order valence-corrected chi connectivity index (χ1v) is 34.1. The maximum Gasteiger partial charge on any atom is 0.338 e. The van der Waals surface area contributed by atoms with Crippen LogP contribution >= 0.6 is 11.6 Å². The summed E-state index contributed by atoms with van der Waals surface area (Å²) in [5.41, 5.74) is 2.15. The van der Waals surface area contributed by atoms with Gasteiger partial charge in [-0.3, -0.25) is 9.59 Å². The van der Waals surface area contributed by atoms with Crippen molar-refractivity contribution < 1.29 is 61.8 Å². The Labute approximate surface area is 538 Å². The normalized spacial score (nSPS) is 17.2. The van der Waals surface area contributed by atoms with Gasteiger partial charge in [0.15, 0.2) is 18.5 Å². The summed E-state index contributed by atoms with van der Waals surface area (Å²) in [5.74, 6) is -1.48. The molecule has 0 spiro atoms. The summed E-state index contributed by atoms with van der Waals surface area (Å²) in [7, 11) is 3.17. The molecule has 1 N–H and O–H groups in total. The van der Waals surface area contributed by atoms with Gasteiger partial charge in [-0.2, -0.15) is 0 Å². The van der Waals surface area contributed by atoms with Crippen LogP contribution < -0.4 is 14.8 Å². The second kappa shape index (κ2) is 46.3. The fourth-order valence-corrected chi connectivity index (χ4v) is 11.1. The Bertz CT molecular complexity index is 2510. The van der Waals surface area contributed by atoms with Gasteiger partial charge in [0.1, 0.15) is 35.7 Å². The van der Waals surface area contributed by atoms with E-state index in [1.807, 2.05) is 54.6 Å². The van der Waals surface area contributed by atoms with Crippen molar-refractivity contribution in [1.29, 1.82) is 0 Å². The van der Waals surface area contributed by atoms with Crippen molar-refractivity contribution in [2.75, 3.05) is 33.3 Å². The van der Waals surface area contributed by atoms with Crippen LogP contribution in [0.2, 0.25) is 0 Å². The molecule has 0 aromatic heterocycles. The summed E-state index contributed by atoms with van der Waals surface area (Å²) in [5, 5.41) is 3.21. The van der Waals surface area contributed by atoms with Gasteiger partial charge in [-0.1, -0.05) is 235 Å². The van der Waals surface area contributed by atoms with Crippen LogP contribution in [0.15, 0.2) is 121 Å². The summed E-state index contributed by atoms with van der Waals surface area (Å²) in [6.07, 6.45) is 28.8. The monoisotopic (exact) mass is 1250 g/mol. The number of hydrogen-bond donors (Lipinski definition) is 1. The number of esters is 3. The number of halogens is 1. The Hall–Kier alpha value is -5.77. The van der Waals surface area contributed by atoms with Crippen LogP contribution in [-0.4, -0.2) is 100.0 Å². The zero-order valence-corrected chi connectivity index (χ0v) is 54.9. The van der Waals surface area contributed by atoms with Crippen molar-refractivity contribution >= 4 is 35.4 Å². The molecule has 4 aromatic carbocycles. The number of hydrogen-bond acceptors (Lipinski definition) is 13. The van der Waals surface area contributed by atoms with Crippen LogP contribution in [0.25, 0.3) is 0 Å². The molecule has 0 radical (unpaired) electrons. The van der Waals surface area contributed by atoms with Gasteiger partial charge < -0.3 is 47.9 Å². The van der Waals surface area contributed by atoms with E-state index in [4.69, 9.17) is 54.2 Å². The summed E-state index contributed by atoms with van der Waals surface area (Å²) >= 11 is 6.14. The lowest BCUT2D eigenvalue weighted by atomic mass is 9.97. The topological polar surface area (TPSA) is 163 Å². The largest absolute Gasteiger partial charge is 0.497 e. The van der Waals surface area contributed by atoms with Crippen LogP contribution in [0.3, 0.4) is 0 Å². The van der Waals surface area contributed by atoms with Crippen LogP contribution in [-0.2, 0) is 56.0 Å². The van der Waals surface area contributed by atoms with E-state index in [0.29, 0.717) is 23.5 Å². The summed E-state index contributed by atoms with van der Waals surface area (Å²) in [6, 6.07) is 30.9. The highest BCUT2D eigenvalue weighted by Gasteiger charge is 2.52. The Morgan fingerprint density at radius 2 is 1.00 bits per heavy atom. The smallest absolute Gasteiger partial charge is 0.338 e. The summed E-state index contributed by atoms with van der Waals surface area (Å²) in [6.45, 7) is 4.18. The predicted octanol–water partition coefficient (Wildman–Crippen LogP) is 17.2. The first-order valence-electron chi connectivity index (χ1n) is 33.6. The number of ether oxygens (including phenoxy) is 9. The van der Waals surface area contributed by atoms with Crippen molar-refractivity contribution in [1.82, 2.24) is 5.32 Å². The minimum absolute atomic E-state index is 0.0332. The molecular weight excluding hydrogens is 1150 g/mol. The molecule has 7 atom stereocenters. The molecule has 1 fully saturated rings. The third-order valence-corrected chi connectivity index (χ3v) is 16.5. The number of alkyl halides is 1. The van der Waals surface area contributed by atoms with E-state index in [2.05, 4.69) is 19.2 Å². The molecule has 4 aromatic rings. The van der Waals surface area contributed by atoms with E-state index in [9.17, 15) is 19.2 Å². The number of carbonyl (C=O) groups excluding carboxylic acids is 4. The molecule has 0 saturated carbocycles. The van der Waals surface area contributed by atoms with E-state index in [1.54, 1.807) is 80.9 Å². The Morgan fingerprint density at radius 1 is 0.528 bits per heavy atom. The number of amides is 1. The SMILES string of the molecule is CCCCCCCCCCCCC/C=C/[C@@H](OC(=O)c1ccccc1)[C@H](CO[C@@H]1O[C@H](COCc2ccc(OC)cc2)[C@@H](OC(=O)CCl)[C@H](OCc2ccc(OC)cc2)[C@H]1OC(=O)c1ccccc1)NC(=O)CCCCCCCCCCCCCCCCC. The zero-order chi connectivity index (χ0) is 63.4. The Balaban J connectivity index is 1.42. The molecule has 0 bridgehead atoms. The van der Waals surface area contributed by atoms with Crippen LogP contribution in [0.4, 0.5) is 0 Å². The molecule has 492 valence electrons. The predicted molar refractivity (Wildman–Crippen MR) is 352 cm³/mol. The molecule has 0 unspecified atom stereocenters. The van der Waals surface area contributed by atoms with E-state index >= 15 is 0 Å². The van der Waals surface area contributed by atoms with E-state index in [1.165, 1.54) is 122 Å². The molecular formula is C74H106ClNO13. The molecule has 1 aliphatic heterocycles. The van der Waals surface area contributed by atoms with Gasteiger partial charge in [-0.05, 0) is 85.0 Å². The lowest BCUT2D eigenvalue weighted by Crippen LogP contribution is -2.63. The maximum atomic E-state index is 14.3. The molecule has 0 aliphatic carbocycles. The first-order chi connectivity index (χ1) is 43.7. The minimum Gasteiger partial charge on any atom is -0.497 e. The van der Waals surface area contributed by atoms with Crippen LogP contribution in [0.1, 0.15) is 225 Å². The van der Waals surface area contributed by atoms with Crippen LogP contribution in [0, 0.1) is 0 Å². The van der Waals surface area contributed by atoms with Crippen LogP contribution in [0.5, 0.6) is 11.5 Å². The zero-order valence-electron chi connectivity index (χ0n) is 54.1. The van der Waals surface area contributed by atoms with Gasteiger partial charge in [0.2, 0.25) is 5.91 Å². The summed E-state index contributed by atoms with van der Waals surface area (Å²) in [4.78, 5) is 56.2. The standard InChI is InChI=1S/C74H106ClNO13/c1-5-7-9-11-13-15-17-19-20-22-24-26-28-30-38-44-67(77)76-64(65(86-72(79)60-39-33-31-34-40-60)43-37-29-27-25-23-21-18-16-14-12-10-8-6-2)56-85-74-71(89-73(80)61-41-35-32-36-42-61)70(84-55-59-47-51-63(82-4)52-48-59)69(88-68(78)53-75)66(87-74)57-83-54-58-45-49-62(81-3)50-46-58/h31-37,39-43,45-52,64-66,69-71,74H,5-30,38,44,53-57H2,1-4H3,(H,76,77)/b43-37+/t64-,65+,66+,69+,70-,71+,74+/m0/s1. The third kappa shape index (κ3) is 30.3. The van der Waals surface area contributed by atoms with Gasteiger partial charge in [-0.15, -0.1) is 11.6 Å². The fourth-order valence-electron chi connectivity index (χ4n) is 11.0. The van der Waals surface area contributed by atoms with Gasteiger partial charge in [-0.25, -0.2) is 9.59 Å². The van der Waals surface area contributed by atoms with Gasteiger partial charge in [0.05, 0.1) is 57.8 Å². The van der Waals surface area contributed by atoms with E-state index in [-0.39, 0.29) is 44.3 Å². The molecule has 15 heteroatoms. The summed E-state index contributed by atoms with van der Waals surface area (Å²) < 4.78 is 56.4. The average Bonchev–Trinajstić information content (AvgIpc) is 1.88. The molecule has 89 heavy (non-hydrogen) atoms. The minimum atomic E-state index is -1.44. The Kier molecular flexibility index (Phi) is 38.5. The highest BCUT2D eigenvalue weighted by atomic mass is 35.5. The van der Waals surface area contributed by atoms with Crippen molar-refractivity contribution in [3.05, 3.63) is 144 Å². The maximum absolute atomic E-state index is 14.3.